The van der Waals surface area contributed by atoms with E-state index in [4.69, 9.17) is 4.98 Å². The van der Waals surface area contributed by atoms with Gasteiger partial charge < -0.3 is 15.2 Å². The molecular formula is C23H23N5O. The molecule has 0 fully saturated rings. The first-order valence-electron chi connectivity index (χ1n) is 9.75. The summed E-state index contributed by atoms with van der Waals surface area (Å²) in [5.41, 5.74) is 4.69. The lowest BCUT2D eigenvalue weighted by Gasteiger charge is -2.11. The minimum Gasteiger partial charge on any atom is -0.336 e. The topological polar surface area (TPSA) is 71.8 Å². The molecule has 2 aromatic heterocycles. The second kappa shape index (κ2) is 8.56. The number of nitrogens with one attached hydrogen (secondary N) is 2. The number of aryl methyl sites for hydroxylation is 1. The standard InChI is InChI=1S/C23H23N5O/c1-2-17-10-12-19(13-11-17)26-23(29)25-15-16-28-21(18-7-4-3-5-8-18)27-20-9-6-14-24-22(20)28/h3-14H,2,15-16H2,1H3,(H2,25,26,29). The molecule has 146 valence electrons. The number of anilines is 1. The zero-order valence-corrected chi connectivity index (χ0v) is 16.3. The molecule has 0 unspecified atom stereocenters. The Bertz CT molecular complexity index is 1100. The van der Waals surface area contributed by atoms with Crippen molar-refractivity contribution in [3.8, 4) is 11.4 Å². The number of aromatic nitrogens is 3. The highest BCUT2D eigenvalue weighted by Crippen LogP contribution is 2.23. The van der Waals surface area contributed by atoms with Crippen LogP contribution in [-0.4, -0.2) is 27.1 Å². The van der Waals surface area contributed by atoms with Crippen LogP contribution in [0.5, 0.6) is 0 Å². The van der Waals surface area contributed by atoms with Crippen LogP contribution in [0.3, 0.4) is 0 Å². The van der Waals surface area contributed by atoms with Crippen molar-refractivity contribution in [1.29, 1.82) is 0 Å². The average molecular weight is 385 g/mol. The smallest absolute Gasteiger partial charge is 0.319 e. The highest BCUT2D eigenvalue weighted by Gasteiger charge is 2.13. The number of benzene rings is 2. The summed E-state index contributed by atoms with van der Waals surface area (Å²) in [5, 5.41) is 5.78. The number of imidazole rings is 1. The van der Waals surface area contributed by atoms with Crippen LogP contribution in [0.2, 0.25) is 0 Å². The van der Waals surface area contributed by atoms with Gasteiger partial charge in [-0.1, -0.05) is 49.4 Å². The summed E-state index contributed by atoms with van der Waals surface area (Å²) in [7, 11) is 0. The number of amides is 2. The normalized spacial score (nSPS) is 10.8. The van der Waals surface area contributed by atoms with E-state index in [-0.39, 0.29) is 6.03 Å². The maximum absolute atomic E-state index is 12.3. The minimum absolute atomic E-state index is 0.229. The molecule has 0 spiro atoms. The Morgan fingerprint density at radius 2 is 1.79 bits per heavy atom. The first kappa shape index (κ1) is 18.7. The van der Waals surface area contributed by atoms with Gasteiger partial charge in [0, 0.05) is 30.5 Å². The van der Waals surface area contributed by atoms with Gasteiger partial charge in [0.25, 0.3) is 0 Å². The van der Waals surface area contributed by atoms with E-state index in [0.29, 0.717) is 13.1 Å². The molecule has 0 radical (unpaired) electrons. The van der Waals surface area contributed by atoms with Crippen LogP contribution in [0.1, 0.15) is 12.5 Å². The molecule has 4 rings (SSSR count). The van der Waals surface area contributed by atoms with E-state index in [1.807, 2.05) is 71.3 Å². The van der Waals surface area contributed by atoms with Gasteiger partial charge in [0.2, 0.25) is 0 Å². The quantitative estimate of drug-likeness (QED) is 0.514. The van der Waals surface area contributed by atoms with Gasteiger partial charge in [-0.05, 0) is 36.2 Å². The Morgan fingerprint density at radius 3 is 2.55 bits per heavy atom. The van der Waals surface area contributed by atoms with Crippen LogP contribution < -0.4 is 10.6 Å². The molecule has 6 nitrogen and oxygen atoms in total. The summed E-state index contributed by atoms with van der Waals surface area (Å²) in [4.78, 5) is 21.5. The molecule has 6 heteroatoms. The number of nitrogens with zero attached hydrogens (tertiary/aromatic N) is 3. The van der Waals surface area contributed by atoms with Crippen LogP contribution in [0, 0.1) is 0 Å². The summed E-state index contributed by atoms with van der Waals surface area (Å²) in [6.07, 6.45) is 2.73. The van der Waals surface area contributed by atoms with Crippen molar-refractivity contribution in [3.05, 3.63) is 78.5 Å². The summed E-state index contributed by atoms with van der Waals surface area (Å²) >= 11 is 0. The van der Waals surface area contributed by atoms with Crippen LogP contribution >= 0.6 is 0 Å². The van der Waals surface area contributed by atoms with E-state index in [9.17, 15) is 4.79 Å². The third kappa shape index (κ3) is 4.27. The predicted molar refractivity (Wildman–Crippen MR) is 116 cm³/mol. The second-order valence-corrected chi connectivity index (χ2v) is 6.73. The first-order valence-corrected chi connectivity index (χ1v) is 9.75. The number of pyridine rings is 1. The number of carbonyl (C=O) groups excluding carboxylic acids is 1. The van der Waals surface area contributed by atoms with Gasteiger partial charge in [0.1, 0.15) is 11.3 Å². The maximum Gasteiger partial charge on any atom is 0.319 e. The zero-order valence-electron chi connectivity index (χ0n) is 16.3. The number of hydrogen-bond donors (Lipinski definition) is 2. The molecule has 0 saturated heterocycles. The molecule has 0 aliphatic heterocycles. The number of fused-ring (bicyclic) bond motifs is 1. The Kier molecular flexibility index (Phi) is 5.52. The van der Waals surface area contributed by atoms with Crippen molar-refractivity contribution in [2.45, 2.75) is 19.9 Å². The van der Waals surface area contributed by atoms with E-state index in [2.05, 4.69) is 22.5 Å². The van der Waals surface area contributed by atoms with Crippen LogP contribution in [0.4, 0.5) is 10.5 Å². The predicted octanol–water partition coefficient (Wildman–Crippen LogP) is 4.48. The zero-order chi connectivity index (χ0) is 20.1. The Labute approximate surface area is 169 Å². The fourth-order valence-electron chi connectivity index (χ4n) is 3.26. The van der Waals surface area contributed by atoms with Gasteiger partial charge in [0.05, 0.1) is 0 Å². The first-order chi connectivity index (χ1) is 14.2. The molecule has 29 heavy (non-hydrogen) atoms. The molecule has 0 atom stereocenters. The lowest BCUT2D eigenvalue weighted by atomic mass is 10.1. The largest absolute Gasteiger partial charge is 0.336 e. The molecule has 2 aromatic carbocycles. The highest BCUT2D eigenvalue weighted by molar-refractivity contribution is 5.89. The maximum atomic E-state index is 12.3. The lowest BCUT2D eigenvalue weighted by Crippen LogP contribution is -2.31. The van der Waals surface area contributed by atoms with E-state index in [1.54, 1.807) is 6.20 Å². The molecule has 0 aliphatic rings. The third-order valence-electron chi connectivity index (χ3n) is 4.78. The van der Waals surface area contributed by atoms with Crippen molar-refractivity contribution in [1.82, 2.24) is 19.9 Å². The summed E-state index contributed by atoms with van der Waals surface area (Å²) < 4.78 is 2.04. The summed E-state index contributed by atoms with van der Waals surface area (Å²) in [6.45, 7) is 3.13. The number of rotatable bonds is 6. The number of hydrogen-bond acceptors (Lipinski definition) is 3. The molecule has 2 amide bonds. The SMILES string of the molecule is CCc1ccc(NC(=O)NCCn2c(-c3ccccc3)nc3cccnc32)cc1. The van der Waals surface area contributed by atoms with Crippen molar-refractivity contribution < 1.29 is 4.79 Å². The van der Waals surface area contributed by atoms with Gasteiger partial charge in [-0.15, -0.1) is 0 Å². The molecular weight excluding hydrogens is 362 g/mol. The summed E-state index contributed by atoms with van der Waals surface area (Å²) in [6, 6.07) is 21.5. The average Bonchev–Trinajstić information content (AvgIpc) is 3.14. The van der Waals surface area contributed by atoms with E-state index < -0.39 is 0 Å². The number of carbonyl (C=O) groups is 1. The molecule has 2 heterocycles. The van der Waals surface area contributed by atoms with Crippen molar-refractivity contribution in [2.75, 3.05) is 11.9 Å². The molecule has 0 aliphatic carbocycles. The highest BCUT2D eigenvalue weighted by atomic mass is 16.2. The Balaban J connectivity index is 1.46. The molecule has 0 bridgehead atoms. The monoisotopic (exact) mass is 385 g/mol. The third-order valence-corrected chi connectivity index (χ3v) is 4.78. The van der Waals surface area contributed by atoms with E-state index in [0.717, 1.165) is 34.7 Å². The Morgan fingerprint density at radius 1 is 1.00 bits per heavy atom. The van der Waals surface area contributed by atoms with E-state index in [1.165, 1.54) is 5.56 Å². The fourth-order valence-corrected chi connectivity index (χ4v) is 3.26. The van der Waals surface area contributed by atoms with E-state index >= 15 is 0 Å². The van der Waals surface area contributed by atoms with Gasteiger partial charge in [0.15, 0.2) is 5.65 Å². The molecule has 2 N–H and O–H groups in total. The minimum atomic E-state index is -0.229. The van der Waals surface area contributed by atoms with Crippen LogP contribution in [-0.2, 0) is 13.0 Å². The fraction of sp³-hybridized carbons (Fsp3) is 0.174. The van der Waals surface area contributed by atoms with Crippen molar-refractivity contribution >= 4 is 22.9 Å². The number of urea groups is 1. The second-order valence-electron chi connectivity index (χ2n) is 6.73. The van der Waals surface area contributed by atoms with Gasteiger partial charge in [-0.25, -0.2) is 14.8 Å². The summed E-state index contributed by atoms with van der Waals surface area (Å²) in [5.74, 6) is 0.844. The van der Waals surface area contributed by atoms with Crippen LogP contribution in [0.25, 0.3) is 22.6 Å². The van der Waals surface area contributed by atoms with Crippen LogP contribution in [0.15, 0.2) is 72.9 Å². The lowest BCUT2D eigenvalue weighted by molar-refractivity contribution is 0.251. The van der Waals surface area contributed by atoms with Gasteiger partial charge >= 0.3 is 6.03 Å². The van der Waals surface area contributed by atoms with Crippen molar-refractivity contribution in [3.63, 3.8) is 0 Å². The molecule has 0 saturated carbocycles. The van der Waals surface area contributed by atoms with Crippen molar-refractivity contribution in [2.24, 2.45) is 0 Å². The molecule has 4 aromatic rings. The van der Waals surface area contributed by atoms with Gasteiger partial charge in [-0.3, -0.25) is 0 Å². The Hall–Kier alpha value is -3.67. The van der Waals surface area contributed by atoms with Gasteiger partial charge in [-0.2, -0.15) is 0 Å².